The highest BCUT2D eigenvalue weighted by Gasteiger charge is 2.47. The Morgan fingerprint density at radius 2 is 1.89 bits per heavy atom. The van der Waals surface area contributed by atoms with Crippen LogP contribution in [-0.2, 0) is 16.1 Å². The van der Waals surface area contributed by atoms with Gasteiger partial charge in [-0.25, -0.2) is 9.69 Å². The molecular weight excluding hydrogens is 346 g/mol. The molecule has 0 aliphatic carbocycles. The van der Waals surface area contributed by atoms with Crippen molar-refractivity contribution in [3.05, 3.63) is 28.8 Å². The van der Waals surface area contributed by atoms with Crippen LogP contribution in [0.5, 0.6) is 5.75 Å². The van der Waals surface area contributed by atoms with Gasteiger partial charge in [0.15, 0.2) is 0 Å². The van der Waals surface area contributed by atoms with Crippen molar-refractivity contribution in [1.29, 1.82) is 0 Å². The molecule has 1 atom stereocenters. The predicted octanol–water partition coefficient (Wildman–Crippen LogP) is 2.46. The Balaban J connectivity index is 2.13. The third kappa shape index (κ3) is 4.07. The van der Waals surface area contributed by atoms with E-state index in [4.69, 9.17) is 4.74 Å². The molecule has 7 nitrogen and oxygen atoms in total. The van der Waals surface area contributed by atoms with Gasteiger partial charge in [0.25, 0.3) is 5.91 Å². The molecular formula is C20H29N3O4. The number of methoxy groups -OCH3 is 1. The zero-order valence-electron chi connectivity index (χ0n) is 17.1. The lowest BCUT2D eigenvalue weighted by Gasteiger charge is -2.22. The molecule has 2 rings (SSSR count). The maximum atomic E-state index is 12.5. The quantitative estimate of drug-likeness (QED) is 0.748. The molecule has 1 aliphatic rings. The van der Waals surface area contributed by atoms with E-state index in [-0.39, 0.29) is 11.8 Å². The Morgan fingerprint density at radius 1 is 1.26 bits per heavy atom. The summed E-state index contributed by atoms with van der Waals surface area (Å²) in [6.45, 7) is 11.2. The van der Waals surface area contributed by atoms with E-state index in [1.54, 1.807) is 27.9 Å². The van der Waals surface area contributed by atoms with Crippen molar-refractivity contribution in [3.63, 3.8) is 0 Å². The highest BCUT2D eigenvalue weighted by molar-refractivity contribution is 6.09. The van der Waals surface area contributed by atoms with E-state index in [9.17, 15) is 14.4 Å². The standard InChI is InChI=1S/C20H29N3O4/c1-11(2)15-9-14(12(3)8-16(15)27-7)10-21-17(24)13(4)23-18(25)20(5,6)22-19(23)26/h8-9,11,13H,10H2,1-7H3,(H,21,24)(H,22,26). The lowest BCUT2D eigenvalue weighted by molar-refractivity contribution is -0.137. The fraction of sp³-hybridized carbons (Fsp3) is 0.550. The van der Waals surface area contributed by atoms with Crippen molar-refractivity contribution in [1.82, 2.24) is 15.5 Å². The van der Waals surface area contributed by atoms with Gasteiger partial charge in [-0.2, -0.15) is 0 Å². The molecule has 0 saturated carbocycles. The molecule has 27 heavy (non-hydrogen) atoms. The number of hydrogen-bond donors (Lipinski definition) is 2. The number of imide groups is 1. The molecule has 7 heteroatoms. The summed E-state index contributed by atoms with van der Waals surface area (Å²) in [5.41, 5.74) is 2.04. The molecule has 0 aromatic heterocycles. The van der Waals surface area contributed by atoms with E-state index in [0.717, 1.165) is 27.3 Å². The second-order valence-corrected chi connectivity index (χ2v) is 7.80. The van der Waals surface area contributed by atoms with Gasteiger partial charge in [-0.1, -0.05) is 13.8 Å². The molecule has 4 amide bonds. The molecule has 1 aliphatic heterocycles. The molecule has 0 bridgehead atoms. The highest BCUT2D eigenvalue weighted by Crippen LogP contribution is 2.29. The van der Waals surface area contributed by atoms with Crippen LogP contribution in [0, 0.1) is 6.92 Å². The van der Waals surface area contributed by atoms with Crippen molar-refractivity contribution in [3.8, 4) is 5.75 Å². The number of amides is 4. The SMILES string of the molecule is COc1cc(C)c(CNC(=O)C(C)N2C(=O)NC(C)(C)C2=O)cc1C(C)C. The monoisotopic (exact) mass is 375 g/mol. The van der Waals surface area contributed by atoms with E-state index in [1.165, 1.54) is 0 Å². The van der Waals surface area contributed by atoms with Crippen LogP contribution in [0.3, 0.4) is 0 Å². The molecule has 0 radical (unpaired) electrons. The number of hydrogen-bond acceptors (Lipinski definition) is 4. The number of carbonyl (C=O) groups is 3. The normalized spacial score (nSPS) is 17.1. The van der Waals surface area contributed by atoms with Crippen LogP contribution in [-0.4, -0.2) is 41.4 Å². The van der Waals surface area contributed by atoms with Gasteiger partial charge in [0.2, 0.25) is 5.91 Å². The molecule has 0 spiro atoms. The predicted molar refractivity (Wildman–Crippen MR) is 103 cm³/mol. The third-order valence-electron chi connectivity index (χ3n) is 4.92. The van der Waals surface area contributed by atoms with Gasteiger partial charge in [-0.15, -0.1) is 0 Å². The Bertz CT molecular complexity index is 771. The number of nitrogens with one attached hydrogen (secondary N) is 2. The molecule has 1 aromatic rings. The number of rotatable bonds is 6. The van der Waals surface area contributed by atoms with Gasteiger partial charge in [-0.05, 0) is 62.4 Å². The molecule has 2 N–H and O–H groups in total. The molecule has 1 heterocycles. The van der Waals surface area contributed by atoms with Gasteiger partial charge in [-0.3, -0.25) is 9.59 Å². The Hall–Kier alpha value is -2.57. The summed E-state index contributed by atoms with van der Waals surface area (Å²) < 4.78 is 5.44. The molecule has 1 unspecified atom stereocenters. The summed E-state index contributed by atoms with van der Waals surface area (Å²) in [5.74, 6) is 0.324. The van der Waals surface area contributed by atoms with Crippen LogP contribution in [0.15, 0.2) is 12.1 Å². The first kappa shape index (κ1) is 20.7. The number of nitrogens with zero attached hydrogens (tertiary/aromatic N) is 1. The first-order valence-corrected chi connectivity index (χ1v) is 9.10. The molecule has 148 valence electrons. The van der Waals surface area contributed by atoms with Crippen LogP contribution in [0.4, 0.5) is 4.79 Å². The first-order chi connectivity index (χ1) is 12.5. The fourth-order valence-corrected chi connectivity index (χ4v) is 3.14. The number of benzene rings is 1. The Kier molecular flexibility index (Phi) is 5.82. The number of ether oxygens (including phenoxy) is 1. The summed E-state index contributed by atoms with van der Waals surface area (Å²) in [6, 6.07) is 2.55. The molecule has 1 saturated heterocycles. The summed E-state index contributed by atoms with van der Waals surface area (Å²) in [6.07, 6.45) is 0. The van der Waals surface area contributed by atoms with Crippen molar-refractivity contribution < 1.29 is 19.1 Å². The van der Waals surface area contributed by atoms with Gasteiger partial charge in [0.1, 0.15) is 17.3 Å². The van der Waals surface area contributed by atoms with Crippen molar-refractivity contribution in [2.24, 2.45) is 0 Å². The first-order valence-electron chi connectivity index (χ1n) is 9.10. The lowest BCUT2D eigenvalue weighted by Crippen LogP contribution is -2.49. The smallest absolute Gasteiger partial charge is 0.325 e. The molecule has 1 fully saturated rings. The summed E-state index contributed by atoms with van der Waals surface area (Å²) >= 11 is 0. The second kappa shape index (κ2) is 7.58. The van der Waals surface area contributed by atoms with Crippen LogP contribution in [0.2, 0.25) is 0 Å². The van der Waals surface area contributed by atoms with Gasteiger partial charge < -0.3 is 15.4 Å². The second-order valence-electron chi connectivity index (χ2n) is 7.80. The van der Waals surface area contributed by atoms with Gasteiger partial charge in [0, 0.05) is 6.54 Å². The maximum Gasteiger partial charge on any atom is 0.325 e. The summed E-state index contributed by atoms with van der Waals surface area (Å²) in [4.78, 5) is 37.9. The van der Waals surface area contributed by atoms with Crippen LogP contribution in [0.25, 0.3) is 0 Å². The number of aryl methyl sites for hydroxylation is 1. The van der Waals surface area contributed by atoms with E-state index in [0.29, 0.717) is 6.54 Å². The highest BCUT2D eigenvalue weighted by atomic mass is 16.5. The van der Waals surface area contributed by atoms with Crippen molar-refractivity contribution >= 4 is 17.8 Å². The van der Waals surface area contributed by atoms with Gasteiger partial charge in [0.05, 0.1) is 7.11 Å². The maximum absolute atomic E-state index is 12.5. The average Bonchev–Trinajstić information content (AvgIpc) is 2.79. The minimum atomic E-state index is -0.996. The largest absolute Gasteiger partial charge is 0.496 e. The van der Waals surface area contributed by atoms with E-state index >= 15 is 0 Å². The van der Waals surface area contributed by atoms with E-state index in [2.05, 4.69) is 24.5 Å². The fourth-order valence-electron chi connectivity index (χ4n) is 3.14. The minimum Gasteiger partial charge on any atom is -0.496 e. The van der Waals surface area contributed by atoms with Crippen LogP contribution < -0.4 is 15.4 Å². The Morgan fingerprint density at radius 3 is 2.37 bits per heavy atom. The van der Waals surface area contributed by atoms with E-state index in [1.807, 2.05) is 19.1 Å². The van der Waals surface area contributed by atoms with Crippen molar-refractivity contribution in [2.75, 3.05) is 7.11 Å². The number of urea groups is 1. The van der Waals surface area contributed by atoms with E-state index < -0.39 is 23.5 Å². The zero-order valence-corrected chi connectivity index (χ0v) is 17.1. The minimum absolute atomic E-state index is 0.280. The number of carbonyl (C=O) groups excluding carboxylic acids is 3. The summed E-state index contributed by atoms with van der Waals surface area (Å²) in [5, 5.41) is 5.42. The lowest BCUT2D eigenvalue weighted by atomic mass is 9.96. The van der Waals surface area contributed by atoms with Crippen LogP contribution >= 0.6 is 0 Å². The zero-order chi connectivity index (χ0) is 20.5. The van der Waals surface area contributed by atoms with Gasteiger partial charge >= 0.3 is 6.03 Å². The topological polar surface area (TPSA) is 87.7 Å². The average molecular weight is 375 g/mol. The van der Waals surface area contributed by atoms with Crippen LogP contribution in [0.1, 0.15) is 57.2 Å². The third-order valence-corrected chi connectivity index (χ3v) is 4.92. The Labute approximate surface area is 160 Å². The summed E-state index contributed by atoms with van der Waals surface area (Å²) in [7, 11) is 1.64. The molecule has 1 aromatic carbocycles. The van der Waals surface area contributed by atoms with Crippen molar-refractivity contribution in [2.45, 2.75) is 65.6 Å².